The molecule has 3 aromatic rings. The van der Waals surface area contributed by atoms with Gasteiger partial charge in [0.1, 0.15) is 5.75 Å². The minimum Gasteiger partial charge on any atom is -0.496 e. The molecule has 0 saturated carbocycles. The highest BCUT2D eigenvalue weighted by molar-refractivity contribution is 9.10. The Morgan fingerprint density at radius 1 is 1.21 bits per heavy atom. The number of aromatic nitrogens is 2. The van der Waals surface area contributed by atoms with E-state index in [4.69, 9.17) is 4.74 Å². The number of amides is 1. The first-order chi connectivity index (χ1) is 13.5. The quantitative estimate of drug-likeness (QED) is 0.584. The molecule has 0 unspecified atom stereocenters. The normalized spacial score (nSPS) is 10.8. The number of H-pyrrole nitrogens is 1. The molecule has 0 atom stereocenters. The number of methoxy groups -OCH3 is 1. The van der Waals surface area contributed by atoms with Gasteiger partial charge in [-0.05, 0) is 30.7 Å². The van der Waals surface area contributed by atoms with E-state index in [9.17, 15) is 14.4 Å². The molecule has 1 amide bonds. The molecule has 0 aliphatic rings. The van der Waals surface area contributed by atoms with Crippen LogP contribution in [0, 0.1) is 0 Å². The van der Waals surface area contributed by atoms with Crippen LogP contribution >= 0.6 is 15.9 Å². The van der Waals surface area contributed by atoms with E-state index < -0.39 is 5.69 Å². The number of nitrogens with zero attached hydrogens (tertiary/aromatic N) is 1. The Balaban J connectivity index is 1.61. The van der Waals surface area contributed by atoms with Crippen LogP contribution in [0.15, 0.2) is 56.5 Å². The van der Waals surface area contributed by atoms with Crippen molar-refractivity contribution in [2.45, 2.75) is 25.9 Å². The summed E-state index contributed by atoms with van der Waals surface area (Å²) in [5, 5.41) is 3.25. The van der Waals surface area contributed by atoms with Crippen molar-refractivity contribution in [2.24, 2.45) is 0 Å². The van der Waals surface area contributed by atoms with Crippen molar-refractivity contribution < 1.29 is 9.53 Å². The molecule has 0 saturated heterocycles. The average Bonchev–Trinajstić information content (AvgIpc) is 2.69. The van der Waals surface area contributed by atoms with Gasteiger partial charge in [0, 0.05) is 29.5 Å². The van der Waals surface area contributed by atoms with Crippen LogP contribution in [0.3, 0.4) is 0 Å². The Morgan fingerprint density at radius 2 is 2.00 bits per heavy atom. The Hall–Kier alpha value is -2.87. The summed E-state index contributed by atoms with van der Waals surface area (Å²) < 4.78 is 7.14. The first kappa shape index (κ1) is 19.9. The summed E-state index contributed by atoms with van der Waals surface area (Å²) in [6.07, 6.45) is 0.581. The number of ether oxygens (including phenoxy) is 1. The number of carbonyl (C=O) groups excluding carboxylic acids is 1. The SMILES string of the molecule is COc1ccccc1CNC(=O)CCCn1c(=O)[nH]c2ccc(Br)cc2c1=O. The van der Waals surface area contributed by atoms with Gasteiger partial charge in [-0.3, -0.25) is 14.2 Å². The molecular weight excluding hydrogens is 426 g/mol. The molecule has 0 spiro atoms. The Kier molecular flexibility index (Phi) is 6.30. The van der Waals surface area contributed by atoms with Crippen molar-refractivity contribution in [3.63, 3.8) is 0 Å². The van der Waals surface area contributed by atoms with Crippen molar-refractivity contribution in [2.75, 3.05) is 7.11 Å². The molecule has 0 aliphatic heterocycles. The Morgan fingerprint density at radius 3 is 2.79 bits per heavy atom. The molecule has 146 valence electrons. The maximum absolute atomic E-state index is 12.6. The number of hydrogen-bond acceptors (Lipinski definition) is 4. The van der Waals surface area contributed by atoms with E-state index >= 15 is 0 Å². The summed E-state index contributed by atoms with van der Waals surface area (Å²) in [6.45, 7) is 0.520. The number of halogens is 1. The van der Waals surface area contributed by atoms with Gasteiger partial charge in [0.15, 0.2) is 0 Å². The van der Waals surface area contributed by atoms with E-state index in [1.807, 2.05) is 24.3 Å². The highest BCUT2D eigenvalue weighted by atomic mass is 79.9. The zero-order chi connectivity index (χ0) is 20.1. The molecule has 0 bridgehead atoms. The van der Waals surface area contributed by atoms with Crippen molar-refractivity contribution in [1.82, 2.24) is 14.9 Å². The molecule has 3 rings (SSSR count). The lowest BCUT2D eigenvalue weighted by Crippen LogP contribution is -2.35. The van der Waals surface area contributed by atoms with E-state index in [-0.39, 0.29) is 24.4 Å². The second kappa shape index (κ2) is 8.88. The number of fused-ring (bicyclic) bond motifs is 1. The topological polar surface area (TPSA) is 93.2 Å². The van der Waals surface area contributed by atoms with Crippen LogP contribution in [0.2, 0.25) is 0 Å². The summed E-state index contributed by atoms with van der Waals surface area (Å²) in [7, 11) is 1.58. The predicted octanol–water partition coefficient (Wildman–Crippen LogP) is 2.56. The van der Waals surface area contributed by atoms with E-state index in [0.29, 0.717) is 29.6 Å². The molecule has 28 heavy (non-hydrogen) atoms. The lowest BCUT2D eigenvalue weighted by atomic mass is 10.2. The first-order valence-corrected chi connectivity index (χ1v) is 9.60. The molecule has 2 N–H and O–H groups in total. The largest absolute Gasteiger partial charge is 0.496 e. The van der Waals surface area contributed by atoms with E-state index in [1.54, 1.807) is 25.3 Å². The Labute approximate surface area is 169 Å². The summed E-state index contributed by atoms with van der Waals surface area (Å²) in [4.78, 5) is 39.5. The van der Waals surface area contributed by atoms with Crippen LogP contribution in [0.1, 0.15) is 18.4 Å². The third-order valence-electron chi connectivity index (χ3n) is 4.40. The number of hydrogen-bond donors (Lipinski definition) is 2. The fourth-order valence-electron chi connectivity index (χ4n) is 2.95. The molecular formula is C20H20BrN3O4. The van der Waals surface area contributed by atoms with Gasteiger partial charge < -0.3 is 15.0 Å². The van der Waals surface area contributed by atoms with Gasteiger partial charge in [-0.25, -0.2) is 4.79 Å². The van der Waals surface area contributed by atoms with E-state index in [2.05, 4.69) is 26.2 Å². The van der Waals surface area contributed by atoms with Gasteiger partial charge in [-0.15, -0.1) is 0 Å². The molecule has 0 aliphatic carbocycles. The minimum absolute atomic E-state index is 0.154. The predicted molar refractivity (Wildman–Crippen MR) is 111 cm³/mol. The zero-order valence-electron chi connectivity index (χ0n) is 15.3. The summed E-state index contributed by atoms with van der Waals surface area (Å²) in [5.41, 5.74) is 0.527. The van der Waals surface area contributed by atoms with Crippen LogP contribution in [-0.4, -0.2) is 22.6 Å². The van der Waals surface area contributed by atoms with Crippen LogP contribution in [0.4, 0.5) is 0 Å². The van der Waals surface area contributed by atoms with Crippen LogP contribution in [0.5, 0.6) is 5.75 Å². The number of rotatable bonds is 7. The summed E-state index contributed by atoms with van der Waals surface area (Å²) in [5.74, 6) is 0.558. The molecule has 7 nitrogen and oxygen atoms in total. The summed E-state index contributed by atoms with van der Waals surface area (Å²) >= 11 is 3.33. The van der Waals surface area contributed by atoms with Crippen LogP contribution < -0.4 is 21.3 Å². The fourth-order valence-corrected chi connectivity index (χ4v) is 3.32. The number of para-hydroxylation sites is 1. The van der Waals surface area contributed by atoms with Crippen LogP contribution in [0.25, 0.3) is 10.9 Å². The lowest BCUT2D eigenvalue weighted by molar-refractivity contribution is -0.121. The smallest absolute Gasteiger partial charge is 0.328 e. The van der Waals surface area contributed by atoms with Gasteiger partial charge in [0.2, 0.25) is 5.91 Å². The van der Waals surface area contributed by atoms with Crippen molar-refractivity contribution in [3.05, 3.63) is 73.3 Å². The monoisotopic (exact) mass is 445 g/mol. The van der Waals surface area contributed by atoms with E-state index in [1.165, 1.54) is 0 Å². The van der Waals surface area contributed by atoms with Gasteiger partial charge >= 0.3 is 5.69 Å². The highest BCUT2D eigenvalue weighted by Crippen LogP contribution is 2.17. The molecule has 1 aromatic heterocycles. The molecule has 2 aromatic carbocycles. The van der Waals surface area contributed by atoms with Crippen molar-refractivity contribution in [1.29, 1.82) is 0 Å². The molecule has 0 radical (unpaired) electrons. The van der Waals surface area contributed by atoms with Gasteiger partial charge in [-0.2, -0.15) is 0 Å². The maximum atomic E-state index is 12.6. The number of aromatic amines is 1. The minimum atomic E-state index is -0.478. The van der Waals surface area contributed by atoms with E-state index in [0.717, 1.165) is 14.6 Å². The number of benzene rings is 2. The van der Waals surface area contributed by atoms with Crippen molar-refractivity contribution in [3.8, 4) is 5.75 Å². The standard InChI is InChI=1S/C20H20BrN3O4/c1-28-17-6-3-2-5-13(17)12-22-18(25)7-4-10-24-19(26)15-11-14(21)8-9-16(15)23-20(24)27/h2-3,5-6,8-9,11H,4,7,10,12H2,1H3,(H,22,25)(H,23,27). The number of nitrogens with one attached hydrogen (secondary N) is 2. The summed E-state index contributed by atoms with van der Waals surface area (Å²) in [6, 6.07) is 12.6. The van der Waals surface area contributed by atoms with Crippen LogP contribution in [-0.2, 0) is 17.9 Å². The second-order valence-corrected chi connectivity index (χ2v) is 7.18. The number of carbonyl (C=O) groups is 1. The third-order valence-corrected chi connectivity index (χ3v) is 4.89. The van der Waals surface area contributed by atoms with Gasteiger partial charge in [-0.1, -0.05) is 34.1 Å². The van der Waals surface area contributed by atoms with Gasteiger partial charge in [0.25, 0.3) is 5.56 Å². The first-order valence-electron chi connectivity index (χ1n) is 8.80. The zero-order valence-corrected chi connectivity index (χ0v) is 16.9. The lowest BCUT2D eigenvalue weighted by Gasteiger charge is -2.10. The molecule has 1 heterocycles. The average molecular weight is 446 g/mol. The van der Waals surface area contributed by atoms with Crippen molar-refractivity contribution >= 4 is 32.7 Å². The molecule has 8 heteroatoms. The highest BCUT2D eigenvalue weighted by Gasteiger charge is 2.10. The van der Waals surface area contributed by atoms with Gasteiger partial charge in [0.05, 0.1) is 18.0 Å². The fraction of sp³-hybridized carbons (Fsp3) is 0.250. The maximum Gasteiger partial charge on any atom is 0.328 e. The third kappa shape index (κ3) is 4.51. The molecule has 0 fully saturated rings. The Bertz CT molecular complexity index is 1120. The second-order valence-electron chi connectivity index (χ2n) is 6.27.